The van der Waals surface area contributed by atoms with E-state index < -0.39 is 0 Å². The number of hydrogen-bond donors (Lipinski definition) is 2. The van der Waals surface area contributed by atoms with Gasteiger partial charge in [0.2, 0.25) is 0 Å². The first kappa shape index (κ1) is 18.8. The quantitative estimate of drug-likeness (QED) is 0.736. The van der Waals surface area contributed by atoms with Crippen LogP contribution in [0.3, 0.4) is 0 Å². The predicted molar refractivity (Wildman–Crippen MR) is 102 cm³/mol. The smallest absolute Gasteiger partial charge is 0.317 e. The third kappa shape index (κ3) is 5.52. The van der Waals surface area contributed by atoms with Crippen LogP contribution >= 0.6 is 0 Å². The highest BCUT2D eigenvalue weighted by atomic mass is 16.3. The number of nitrogens with zero attached hydrogens (tertiary/aromatic N) is 1. The molecule has 1 unspecified atom stereocenters. The van der Waals surface area contributed by atoms with Crippen LogP contribution < -0.4 is 5.32 Å². The predicted octanol–water partition coefficient (Wildman–Crippen LogP) is 4.36. The van der Waals surface area contributed by atoms with Gasteiger partial charge in [-0.1, -0.05) is 56.3 Å². The van der Waals surface area contributed by atoms with E-state index in [1.165, 1.54) is 0 Å². The fraction of sp³-hybridized carbons (Fsp3) is 0.381. The summed E-state index contributed by atoms with van der Waals surface area (Å²) in [5.74, 6) is 0.606. The Morgan fingerprint density at radius 3 is 2.32 bits per heavy atom. The van der Waals surface area contributed by atoms with Gasteiger partial charge in [-0.3, -0.25) is 0 Å². The first-order valence-electron chi connectivity index (χ1n) is 8.82. The molecule has 0 saturated carbocycles. The number of rotatable bonds is 7. The topological polar surface area (TPSA) is 52.6 Å². The third-order valence-electron chi connectivity index (χ3n) is 4.36. The Bertz CT molecular complexity index is 653. The maximum absolute atomic E-state index is 12.5. The molecular weight excluding hydrogens is 312 g/mol. The summed E-state index contributed by atoms with van der Waals surface area (Å²) in [5, 5.41) is 12.3. The molecule has 2 amide bonds. The van der Waals surface area contributed by atoms with Gasteiger partial charge in [-0.15, -0.1) is 0 Å². The minimum absolute atomic E-state index is 0.0479. The van der Waals surface area contributed by atoms with Crippen LogP contribution in [0.5, 0.6) is 5.75 Å². The van der Waals surface area contributed by atoms with Crippen LogP contribution in [0.25, 0.3) is 0 Å². The summed E-state index contributed by atoms with van der Waals surface area (Å²) in [4.78, 5) is 14.3. The van der Waals surface area contributed by atoms with Gasteiger partial charge in [0.15, 0.2) is 0 Å². The van der Waals surface area contributed by atoms with Gasteiger partial charge >= 0.3 is 6.03 Å². The lowest BCUT2D eigenvalue weighted by molar-refractivity contribution is 0.173. The molecule has 4 heteroatoms. The molecule has 0 saturated heterocycles. The van der Waals surface area contributed by atoms with Crippen molar-refractivity contribution in [1.82, 2.24) is 10.2 Å². The van der Waals surface area contributed by atoms with Gasteiger partial charge in [0.1, 0.15) is 5.75 Å². The number of aromatic hydroxyl groups is 1. The lowest BCUT2D eigenvalue weighted by Crippen LogP contribution is -2.41. The Hall–Kier alpha value is -2.49. The summed E-state index contributed by atoms with van der Waals surface area (Å²) in [6.07, 6.45) is 1.73. The molecule has 0 fully saturated rings. The van der Waals surface area contributed by atoms with Crippen LogP contribution in [0.2, 0.25) is 0 Å². The molecule has 2 aromatic rings. The fourth-order valence-corrected chi connectivity index (χ4v) is 3.11. The molecule has 134 valence electrons. The summed E-state index contributed by atoms with van der Waals surface area (Å²) >= 11 is 0. The molecule has 0 aliphatic rings. The third-order valence-corrected chi connectivity index (χ3v) is 4.36. The number of amides is 2. The Kier molecular flexibility index (Phi) is 6.87. The number of urea groups is 1. The summed E-state index contributed by atoms with van der Waals surface area (Å²) in [7, 11) is 1.85. The molecule has 0 heterocycles. The molecule has 4 nitrogen and oxygen atoms in total. The molecule has 0 aromatic heterocycles. The van der Waals surface area contributed by atoms with Gasteiger partial charge in [-0.05, 0) is 42.0 Å². The highest BCUT2D eigenvalue weighted by Crippen LogP contribution is 2.27. The van der Waals surface area contributed by atoms with Crippen LogP contribution in [0.1, 0.15) is 37.4 Å². The van der Waals surface area contributed by atoms with Crippen molar-refractivity contribution in [2.24, 2.45) is 5.92 Å². The Balaban J connectivity index is 1.85. The molecule has 0 spiro atoms. The van der Waals surface area contributed by atoms with Crippen molar-refractivity contribution >= 4 is 6.03 Å². The van der Waals surface area contributed by atoms with Gasteiger partial charge < -0.3 is 15.3 Å². The highest BCUT2D eigenvalue weighted by molar-refractivity contribution is 5.74. The monoisotopic (exact) mass is 340 g/mol. The fourth-order valence-electron chi connectivity index (χ4n) is 3.11. The molecule has 0 aliphatic carbocycles. The van der Waals surface area contributed by atoms with E-state index in [0.29, 0.717) is 12.5 Å². The maximum Gasteiger partial charge on any atom is 0.317 e. The number of hydrogen-bond acceptors (Lipinski definition) is 2. The largest absolute Gasteiger partial charge is 0.508 e. The number of carbonyl (C=O) groups excluding carboxylic acids is 1. The molecule has 2 N–H and O–H groups in total. The Morgan fingerprint density at radius 2 is 1.72 bits per heavy atom. The van der Waals surface area contributed by atoms with Crippen molar-refractivity contribution in [3.05, 3.63) is 65.7 Å². The van der Waals surface area contributed by atoms with Gasteiger partial charge in [-0.2, -0.15) is 0 Å². The number of carbonyl (C=O) groups is 1. The molecule has 2 rings (SSSR count). The summed E-state index contributed by atoms with van der Waals surface area (Å²) < 4.78 is 0. The minimum Gasteiger partial charge on any atom is -0.508 e. The van der Waals surface area contributed by atoms with E-state index in [4.69, 9.17) is 0 Å². The molecule has 0 aliphatic heterocycles. The van der Waals surface area contributed by atoms with Crippen molar-refractivity contribution < 1.29 is 9.90 Å². The van der Waals surface area contributed by atoms with Crippen LogP contribution in [-0.4, -0.2) is 29.6 Å². The van der Waals surface area contributed by atoms with E-state index in [9.17, 15) is 9.90 Å². The van der Waals surface area contributed by atoms with Gasteiger partial charge in [0.25, 0.3) is 0 Å². The van der Waals surface area contributed by atoms with E-state index >= 15 is 0 Å². The average molecular weight is 340 g/mol. The number of phenolic OH excluding ortho intramolecular Hbond substituents is 1. The first-order valence-corrected chi connectivity index (χ1v) is 8.82. The van der Waals surface area contributed by atoms with Crippen molar-refractivity contribution in [2.45, 2.75) is 32.7 Å². The Labute approximate surface area is 150 Å². The molecule has 0 bridgehead atoms. The van der Waals surface area contributed by atoms with Gasteiger partial charge in [0, 0.05) is 13.6 Å². The van der Waals surface area contributed by atoms with Crippen molar-refractivity contribution in [2.75, 3.05) is 13.6 Å². The summed E-state index contributed by atoms with van der Waals surface area (Å²) in [6, 6.07) is 17.3. The molecule has 1 atom stereocenters. The van der Waals surface area contributed by atoms with Crippen LogP contribution in [0.15, 0.2) is 54.6 Å². The van der Waals surface area contributed by atoms with E-state index in [2.05, 4.69) is 31.3 Å². The van der Waals surface area contributed by atoms with Gasteiger partial charge in [0.05, 0.1) is 6.04 Å². The second-order valence-corrected chi connectivity index (χ2v) is 6.71. The normalized spacial score (nSPS) is 12.0. The minimum atomic E-state index is -0.0479. The molecule has 2 aromatic carbocycles. The lowest BCUT2D eigenvalue weighted by atomic mass is 9.95. The summed E-state index contributed by atoms with van der Waals surface area (Å²) in [6.45, 7) is 4.89. The van der Waals surface area contributed by atoms with E-state index in [0.717, 1.165) is 24.0 Å². The number of phenols is 1. The zero-order valence-electron chi connectivity index (χ0n) is 15.3. The average Bonchev–Trinajstić information content (AvgIpc) is 2.60. The SMILES string of the molecule is CC(C)C(c1ccccc1)N(C)C(=O)NCCCc1ccc(O)cc1. The van der Waals surface area contributed by atoms with Crippen LogP contribution in [0.4, 0.5) is 4.79 Å². The standard InChI is InChI=1S/C21H28N2O2/c1-16(2)20(18-9-5-4-6-10-18)23(3)21(25)22-15-7-8-17-11-13-19(24)14-12-17/h4-6,9-14,16,20,24H,7-8,15H2,1-3H3,(H,22,25). The Morgan fingerprint density at radius 1 is 1.08 bits per heavy atom. The molecule has 25 heavy (non-hydrogen) atoms. The van der Waals surface area contributed by atoms with Crippen molar-refractivity contribution in [3.8, 4) is 5.75 Å². The summed E-state index contributed by atoms with van der Waals surface area (Å²) in [5.41, 5.74) is 2.31. The van der Waals surface area contributed by atoms with E-state index in [-0.39, 0.29) is 17.8 Å². The second-order valence-electron chi connectivity index (χ2n) is 6.71. The van der Waals surface area contributed by atoms with E-state index in [1.807, 2.05) is 37.4 Å². The number of benzene rings is 2. The molecule has 0 radical (unpaired) electrons. The second kappa shape index (κ2) is 9.11. The number of nitrogens with one attached hydrogen (secondary N) is 1. The maximum atomic E-state index is 12.5. The van der Waals surface area contributed by atoms with Crippen LogP contribution in [0, 0.1) is 5.92 Å². The van der Waals surface area contributed by atoms with E-state index in [1.54, 1.807) is 17.0 Å². The zero-order valence-corrected chi connectivity index (χ0v) is 15.3. The van der Waals surface area contributed by atoms with Crippen molar-refractivity contribution in [3.63, 3.8) is 0 Å². The van der Waals surface area contributed by atoms with Crippen LogP contribution in [-0.2, 0) is 6.42 Å². The first-order chi connectivity index (χ1) is 12.0. The number of aryl methyl sites for hydroxylation is 1. The zero-order chi connectivity index (χ0) is 18.2. The molecular formula is C21H28N2O2. The van der Waals surface area contributed by atoms with Gasteiger partial charge in [-0.25, -0.2) is 4.79 Å². The van der Waals surface area contributed by atoms with Crippen molar-refractivity contribution in [1.29, 1.82) is 0 Å². The highest BCUT2D eigenvalue weighted by Gasteiger charge is 2.24. The lowest BCUT2D eigenvalue weighted by Gasteiger charge is -2.31.